The van der Waals surface area contributed by atoms with E-state index in [0.29, 0.717) is 36.0 Å². The quantitative estimate of drug-likeness (QED) is 0.0809. The molecule has 0 spiro atoms. The number of halogens is 6. The van der Waals surface area contributed by atoms with Crippen molar-refractivity contribution in [3.63, 3.8) is 0 Å². The molecule has 4 rings (SSSR count). The summed E-state index contributed by atoms with van der Waals surface area (Å²) in [4.78, 5) is 12.3. The molecule has 0 aromatic heterocycles. The highest BCUT2D eigenvalue weighted by Gasteiger charge is 2.75. The van der Waals surface area contributed by atoms with E-state index in [9.17, 15) is 44.1 Å². The molecule has 0 aromatic rings. The highest BCUT2D eigenvalue weighted by Crippen LogP contribution is 2.67. The van der Waals surface area contributed by atoms with Crippen LogP contribution >= 0.6 is 0 Å². The second-order valence-corrected chi connectivity index (χ2v) is 15.7. The molecule has 0 heterocycles. The van der Waals surface area contributed by atoms with Gasteiger partial charge in [-0.2, -0.15) is 26.3 Å². The zero-order valence-corrected chi connectivity index (χ0v) is 26.7. The van der Waals surface area contributed by atoms with E-state index in [2.05, 4.69) is 38.5 Å². The van der Waals surface area contributed by atoms with Crippen LogP contribution in [0.1, 0.15) is 105 Å². The van der Waals surface area contributed by atoms with E-state index in [-0.39, 0.29) is 23.7 Å². The third-order valence-corrected chi connectivity index (χ3v) is 12.7. The minimum Gasteiger partial charge on any atom is -0.748 e. The third-order valence-electron chi connectivity index (χ3n) is 11.9. The maximum atomic E-state index is 13.6. The molecule has 0 radical (unpaired) electrons. The van der Waals surface area contributed by atoms with Crippen molar-refractivity contribution in [1.29, 1.82) is 0 Å². The summed E-state index contributed by atoms with van der Waals surface area (Å²) in [5, 5.41) is 0. The maximum absolute atomic E-state index is 13.6. The Morgan fingerprint density at radius 1 is 1.02 bits per heavy atom. The number of alkyl halides is 6. The van der Waals surface area contributed by atoms with Gasteiger partial charge in [-0.05, 0) is 85.4 Å². The Labute approximate surface area is 256 Å². The smallest absolute Gasteiger partial charge is 0.509 e. The van der Waals surface area contributed by atoms with Crippen molar-refractivity contribution in [3.05, 3.63) is 11.6 Å². The first-order valence-electron chi connectivity index (χ1n) is 15.8. The number of carbonyl (C=O) groups is 1. The summed E-state index contributed by atoms with van der Waals surface area (Å²) >= 11 is 0. The van der Waals surface area contributed by atoms with E-state index in [0.717, 1.165) is 24.8 Å². The zero-order valence-electron chi connectivity index (χ0n) is 25.9. The van der Waals surface area contributed by atoms with E-state index in [1.807, 2.05) is 0 Å². The van der Waals surface area contributed by atoms with Crippen molar-refractivity contribution in [3.8, 4) is 0 Å². The van der Waals surface area contributed by atoms with E-state index in [1.165, 1.54) is 38.5 Å². The fraction of sp³-hybridized carbons (Fsp3) is 0.903. The van der Waals surface area contributed by atoms with Gasteiger partial charge in [-0.1, -0.05) is 65.0 Å². The Balaban J connectivity index is 1.46. The van der Waals surface area contributed by atoms with E-state index < -0.39 is 46.1 Å². The van der Waals surface area contributed by atoms with E-state index >= 15 is 0 Å². The van der Waals surface area contributed by atoms with Crippen LogP contribution in [0.4, 0.5) is 31.1 Å². The molecule has 8 unspecified atom stereocenters. The van der Waals surface area contributed by atoms with Gasteiger partial charge >= 0.3 is 24.1 Å². The summed E-state index contributed by atoms with van der Waals surface area (Å²) in [5.74, 6) is -0.214. The van der Waals surface area contributed by atoms with Crippen LogP contribution in [0.5, 0.6) is 0 Å². The predicted octanol–water partition coefficient (Wildman–Crippen LogP) is 8.71. The third kappa shape index (κ3) is 6.51. The summed E-state index contributed by atoms with van der Waals surface area (Å²) in [5.41, 5.74) is -4.51. The van der Waals surface area contributed by atoms with Gasteiger partial charge in [0.25, 0.3) is 0 Å². The lowest BCUT2D eigenvalue weighted by molar-refractivity contribution is -0.360. The molecule has 4 aliphatic carbocycles. The molecule has 0 aromatic carbocycles. The summed E-state index contributed by atoms with van der Waals surface area (Å²) in [7, 11) is -6.12. The van der Waals surface area contributed by atoms with Gasteiger partial charge < -0.3 is 14.0 Å². The van der Waals surface area contributed by atoms with Crippen molar-refractivity contribution < 1.29 is 53.6 Å². The summed E-state index contributed by atoms with van der Waals surface area (Å²) in [6, 6.07) is 0. The Kier molecular flexibility index (Phi) is 9.85. The molecule has 3 saturated carbocycles. The topological polar surface area (TPSA) is 92.7 Å². The van der Waals surface area contributed by atoms with Crippen LogP contribution < -0.4 is 0 Å². The lowest BCUT2D eigenvalue weighted by Gasteiger charge is -2.58. The SMILES string of the molecule is CCCCCC(C)C1CCC2C3CC=C4CC(OC(=O)OC(CS(=O)(=O)[O-])(C(F)(F)F)C(F)(F)F)CCC4(C)C3CCC12C. The first-order chi connectivity index (χ1) is 20.2. The van der Waals surface area contributed by atoms with E-state index in [4.69, 9.17) is 4.74 Å². The first-order valence-corrected chi connectivity index (χ1v) is 17.4. The molecule has 0 aliphatic heterocycles. The molecule has 0 amide bonds. The number of rotatable bonds is 9. The number of fused-ring (bicyclic) bond motifs is 5. The first kappa shape index (κ1) is 35.4. The van der Waals surface area contributed by atoms with Crippen molar-refractivity contribution in [2.45, 2.75) is 129 Å². The molecule has 6 nitrogen and oxygen atoms in total. The van der Waals surface area contributed by atoms with Crippen molar-refractivity contribution >= 4 is 16.3 Å². The molecular weight excluding hydrogens is 614 g/mol. The van der Waals surface area contributed by atoms with E-state index in [1.54, 1.807) is 0 Å². The molecule has 44 heavy (non-hydrogen) atoms. The van der Waals surface area contributed by atoms with Crippen LogP contribution in [0.3, 0.4) is 0 Å². The predicted molar refractivity (Wildman–Crippen MR) is 149 cm³/mol. The minimum absolute atomic E-state index is 0.138. The highest BCUT2D eigenvalue weighted by molar-refractivity contribution is 7.85. The number of ether oxygens (including phenoxy) is 2. The largest absolute Gasteiger partial charge is 0.748 e. The molecule has 13 heteroatoms. The Morgan fingerprint density at radius 2 is 1.68 bits per heavy atom. The molecular formula is C31H45F6O6S-. The van der Waals surface area contributed by atoms with Crippen LogP contribution in [-0.2, 0) is 19.6 Å². The van der Waals surface area contributed by atoms with Crippen molar-refractivity contribution in [2.75, 3.05) is 5.75 Å². The van der Waals surface area contributed by atoms with Gasteiger partial charge in [0.05, 0.1) is 15.9 Å². The molecule has 254 valence electrons. The maximum Gasteiger partial charge on any atom is 0.509 e. The van der Waals surface area contributed by atoms with Crippen LogP contribution in [0.15, 0.2) is 11.6 Å². The van der Waals surface area contributed by atoms with Gasteiger partial charge in [0.15, 0.2) is 0 Å². The van der Waals surface area contributed by atoms with Gasteiger partial charge in [-0.25, -0.2) is 13.2 Å². The normalized spacial score (nSPS) is 35.2. The lowest BCUT2D eigenvalue weighted by atomic mass is 9.47. The molecule has 0 N–H and O–H groups in total. The molecule has 8 atom stereocenters. The molecule has 0 bridgehead atoms. The number of unbranched alkanes of at least 4 members (excludes halogenated alkanes) is 2. The number of hydrogen-bond donors (Lipinski definition) is 0. The van der Waals surface area contributed by atoms with Gasteiger partial charge in [0.2, 0.25) is 0 Å². The van der Waals surface area contributed by atoms with Gasteiger partial charge in [0.1, 0.15) is 6.10 Å². The summed E-state index contributed by atoms with van der Waals surface area (Å²) < 4.78 is 123. The van der Waals surface area contributed by atoms with Crippen LogP contribution in [0.25, 0.3) is 0 Å². The zero-order chi connectivity index (χ0) is 32.9. The second-order valence-electron chi connectivity index (χ2n) is 14.3. The average molecular weight is 660 g/mol. The minimum atomic E-state index is -6.43. The standard InChI is InChI=1S/C31H46F6O6S/c1-5-6-7-8-19(2)23-11-12-24-22-10-9-20-17-21(13-15-27(20,3)25(22)14-16-28(23,24)4)42-26(38)43-29(30(32,33)34,31(35,36)37)18-44(39,40)41/h9,19,21-25H,5-8,10-18H2,1-4H3,(H,39,40,41)/p-1. The Bertz CT molecular complexity index is 1180. The van der Waals surface area contributed by atoms with Gasteiger partial charge in [-0.3, -0.25) is 0 Å². The highest BCUT2D eigenvalue weighted by atomic mass is 32.2. The van der Waals surface area contributed by atoms with Crippen LogP contribution in [-0.4, -0.2) is 48.9 Å². The number of hydrogen-bond acceptors (Lipinski definition) is 6. The molecule has 3 fully saturated rings. The monoisotopic (exact) mass is 659 g/mol. The second kappa shape index (κ2) is 12.3. The molecule has 4 aliphatic rings. The summed E-state index contributed by atoms with van der Waals surface area (Å²) in [6.45, 7) is 9.26. The number of carbonyl (C=O) groups excluding carboxylic acids is 1. The van der Waals surface area contributed by atoms with Gasteiger partial charge in [-0.15, -0.1) is 0 Å². The Morgan fingerprint density at radius 3 is 2.27 bits per heavy atom. The molecule has 0 saturated heterocycles. The average Bonchev–Trinajstić information content (AvgIpc) is 3.24. The van der Waals surface area contributed by atoms with Gasteiger partial charge in [0, 0.05) is 6.42 Å². The fourth-order valence-electron chi connectivity index (χ4n) is 9.64. The van der Waals surface area contributed by atoms with Crippen LogP contribution in [0.2, 0.25) is 0 Å². The van der Waals surface area contributed by atoms with Crippen LogP contribution in [0, 0.1) is 40.4 Å². The lowest BCUT2D eigenvalue weighted by Crippen LogP contribution is -2.63. The number of allylic oxidation sites excluding steroid dienone is 1. The van der Waals surface area contributed by atoms with Crippen molar-refractivity contribution in [1.82, 2.24) is 0 Å². The van der Waals surface area contributed by atoms with Crippen molar-refractivity contribution in [2.24, 2.45) is 40.4 Å². The Hall–Kier alpha value is -1.50. The fourth-order valence-corrected chi connectivity index (χ4v) is 10.5. The summed E-state index contributed by atoms with van der Waals surface area (Å²) in [6.07, 6.45) is -2.84.